The molecular weight excluding hydrogens is 233 g/mol. The van der Waals surface area contributed by atoms with Crippen LogP contribution in [0.4, 0.5) is 13.2 Å². The van der Waals surface area contributed by atoms with Crippen LogP contribution in [0.25, 0.3) is 10.1 Å². The van der Waals surface area contributed by atoms with E-state index in [1.165, 1.54) is 11.3 Å². The summed E-state index contributed by atoms with van der Waals surface area (Å²) in [7, 11) is 0. The second-order valence-corrected chi connectivity index (χ2v) is 4.14. The molecule has 5 heteroatoms. The topological polar surface area (TPSA) is 0 Å². The van der Waals surface area contributed by atoms with E-state index in [-0.39, 0.29) is 5.02 Å². The predicted octanol–water partition coefficient (Wildman–Crippen LogP) is 4.57. The van der Waals surface area contributed by atoms with E-state index in [0.29, 0.717) is 10.1 Å². The van der Waals surface area contributed by atoms with Gasteiger partial charge in [-0.15, -0.1) is 11.3 Å². The fraction of sp³-hybridized carbons (Fsp3) is 0.111. The smallest absolute Gasteiger partial charge is 0.166 e. The first-order valence-corrected chi connectivity index (χ1v) is 4.98. The molecule has 74 valence electrons. The van der Waals surface area contributed by atoms with E-state index in [9.17, 15) is 13.2 Å². The van der Waals surface area contributed by atoms with Crippen LogP contribution in [0.3, 0.4) is 0 Å². The molecule has 1 aromatic heterocycles. The lowest BCUT2D eigenvalue weighted by molar-refractivity contribution is -0.137. The van der Waals surface area contributed by atoms with Crippen molar-refractivity contribution in [1.82, 2.24) is 0 Å². The van der Waals surface area contributed by atoms with Gasteiger partial charge in [0.25, 0.3) is 0 Å². The first-order valence-electron chi connectivity index (χ1n) is 3.72. The van der Waals surface area contributed by atoms with Crippen LogP contribution in [0.5, 0.6) is 0 Å². The third-order valence-electron chi connectivity index (χ3n) is 1.85. The molecule has 0 aliphatic carbocycles. The van der Waals surface area contributed by atoms with Gasteiger partial charge in [-0.25, -0.2) is 0 Å². The molecule has 0 unspecified atom stereocenters. The number of thiophene rings is 1. The lowest BCUT2D eigenvalue weighted by Gasteiger charge is -2.07. The van der Waals surface area contributed by atoms with Crippen molar-refractivity contribution in [2.24, 2.45) is 0 Å². The van der Waals surface area contributed by atoms with E-state index in [1.54, 1.807) is 11.4 Å². The zero-order chi connectivity index (χ0) is 10.3. The van der Waals surface area contributed by atoms with Gasteiger partial charge < -0.3 is 0 Å². The zero-order valence-corrected chi connectivity index (χ0v) is 8.30. The number of hydrogen-bond donors (Lipinski definition) is 0. The quantitative estimate of drug-likeness (QED) is 0.628. The Kier molecular flexibility index (Phi) is 2.20. The highest BCUT2D eigenvalue weighted by Crippen LogP contribution is 2.36. The van der Waals surface area contributed by atoms with Gasteiger partial charge in [0.2, 0.25) is 0 Å². The van der Waals surface area contributed by atoms with Crippen LogP contribution in [-0.2, 0) is 6.18 Å². The van der Waals surface area contributed by atoms with Crippen LogP contribution < -0.4 is 0 Å². The van der Waals surface area contributed by atoms with Crippen molar-refractivity contribution in [1.29, 1.82) is 0 Å². The fourth-order valence-corrected chi connectivity index (χ4v) is 2.38. The molecule has 0 aliphatic heterocycles. The molecule has 0 nitrogen and oxygen atoms in total. The number of fused-ring (bicyclic) bond motifs is 1. The van der Waals surface area contributed by atoms with Gasteiger partial charge in [0, 0.05) is 15.1 Å². The van der Waals surface area contributed by atoms with E-state index in [4.69, 9.17) is 11.6 Å². The predicted molar refractivity (Wildman–Crippen MR) is 51.8 cm³/mol. The number of alkyl halides is 3. The molecule has 2 aromatic rings. The van der Waals surface area contributed by atoms with Gasteiger partial charge in [-0.1, -0.05) is 11.6 Å². The Labute approximate surface area is 86.9 Å². The monoisotopic (exact) mass is 236 g/mol. The van der Waals surface area contributed by atoms with Crippen LogP contribution in [0, 0.1) is 0 Å². The summed E-state index contributed by atoms with van der Waals surface area (Å²) in [4.78, 5) is 0. The van der Waals surface area contributed by atoms with E-state index in [2.05, 4.69) is 0 Å². The molecule has 0 saturated carbocycles. The molecule has 0 aliphatic rings. The van der Waals surface area contributed by atoms with Crippen molar-refractivity contribution in [3.8, 4) is 0 Å². The standard InChI is InChI=1S/C9H4ClF3S/c10-7-3-5(9(11,12)13)4-8-6(7)1-2-14-8/h1-4H. The maximum absolute atomic E-state index is 12.3. The fourth-order valence-electron chi connectivity index (χ4n) is 1.19. The average molecular weight is 237 g/mol. The van der Waals surface area contributed by atoms with E-state index in [1.807, 2.05) is 0 Å². The second kappa shape index (κ2) is 3.14. The third-order valence-corrected chi connectivity index (χ3v) is 3.03. The largest absolute Gasteiger partial charge is 0.416 e. The van der Waals surface area contributed by atoms with Crippen molar-refractivity contribution in [2.75, 3.05) is 0 Å². The van der Waals surface area contributed by atoms with Gasteiger partial charge in [-0.3, -0.25) is 0 Å². The molecule has 1 aromatic carbocycles. The summed E-state index contributed by atoms with van der Waals surface area (Å²) in [5.74, 6) is 0. The number of rotatable bonds is 0. The Morgan fingerprint density at radius 1 is 1.21 bits per heavy atom. The third kappa shape index (κ3) is 1.60. The molecule has 0 N–H and O–H groups in total. The minimum atomic E-state index is -4.33. The van der Waals surface area contributed by atoms with Crippen LogP contribution in [-0.4, -0.2) is 0 Å². The van der Waals surface area contributed by atoms with E-state index >= 15 is 0 Å². The van der Waals surface area contributed by atoms with Crippen molar-refractivity contribution in [2.45, 2.75) is 6.18 Å². The molecule has 0 amide bonds. The second-order valence-electron chi connectivity index (χ2n) is 2.79. The van der Waals surface area contributed by atoms with E-state index < -0.39 is 11.7 Å². The molecule has 0 bridgehead atoms. The number of benzene rings is 1. The summed E-state index contributed by atoms with van der Waals surface area (Å²) in [5.41, 5.74) is -0.697. The highest BCUT2D eigenvalue weighted by molar-refractivity contribution is 7.17. The summed E-state index contributed by atoms with van der Waals surface area (Å²) < 4.78 is 37.6. The summed E-state index contributed by atoms with van der Waals surface area (Å²) in [6.07, 6.45) is -4.33. The van der Waals surface area contributed by atoms with Gasteiger partial charge in [0.05, 0.1) is 5.56 Å². The lowest BCUT2D eigenvalue weighted by atomic mass is 10.2. The van der Waals surface area contributed by atoms with Gasteiger partial charge in [0.1, 0.15) is 0 Å². The summed E-state index contributed by atoms with van der Waals surface area (Å²) >= 11 is 6.96. The van der Waals surface area contributed by atoms with Crippen LogP contribution in [0.1, 0.15) is 5.56 Å². The molecule has 0 radical (unpaired) electrons. The Morgan fingerprint density at radius 2 is 1.93 bits per heavy atom. The van der Waals surface area contributed by atoms with Gasteiger partial charge in [0.15, 0.2) is 0 Å². The number of hydrogen-bond acceptors (Lipinski definition) is 1. The summed E-state index contributed by atoms with van der Waals surface area (Å²) in [5, 5.41) is 2.54. The van der Waals surface area contributed by atoms with E-state index in [0.717, 1.165) is 12.1 Å². The van der Waals surface area contributed by atoms with Crippen LogP contribution >= 0.6 is 22.9 Å². The molecule has 0 saturated heterocycles. The first kappa shape index (κ1) is 9.80. The number of halogens is 4. The van der Waals surface area contributed by atoms with Crippen molar-refractivity contribution in [3.63, 3.8) is 0 Å². The maximum atomic E-state index is 12.3. The van der Waals surface area contributed by atoms with Crippen LogP contribution in [0.2, 0.25) is 5.02 Å². The Bertz CT molecular complexity index is 472. The van der Waals surface area contributed by atoms with Crippen molar-refractivity contribution >= 4 is 33.0 Å². The maximum Gasteiger partial charge on any atom is 0.416 e. The highest BCUT2D eigenvalue weighted by atomic mass is 35.5. The Balaban J connectivity index is 2.70. The SMILES string of the molecule is FC(F)(F)c1cc(Cl)c2ccsc2c1. The first-order chi connectivity index (χ1) is 6.48. The minimum absolute atomic E-state index is 0.149. The van der Waals surface area contributed by atoms with Gasteiger partial charge >= 0.3 is 6.18 Å². The minimum Gasteiger partial charge on any atom is -0.166 e. The summed E-state index contributed by atoms with van der Waals surface area (Å²) in [6.45, 7) is 0. The van der Waals surface area contributed by atoms with Crippen LogP contribution in [0.15, 0.2) is 23.6 Å². The lowest BCUT2D eigenvalue weighted by Crippen LogP contribution is -2.04. The molecule has 14 heavy (non-hydrogen) atoms. The summed E-state index contributed by atoms with van der Waals surface area (Å²) in [6, 6.07) is 3.78. The highest BCUT2D eigenvalue weighted by Gasteiger charge is 2.31. The molecule has 0 spiro atoms. The molecular formula is C9H4ClF3S. The molecule has 2 rings (SSSR count). The van der Waals surface area contributed by atoms with Crippen molar-refractivity contribution < 1.29 is 13.2 Å². The molecule has 0 fully saturated rings. The normalized spacial score (nSPS) is 12.3. The average Bonchev–Trinajstić information content (AvgIpc) is 2.50. The Morgan fingerprint density at radius 3 is 2.57 bits per heavy atom. The molecule has 0 atom stereocenters. The van der Waals surface area contributed by atoms with Gasteiger partial charge in [-0.05, 0) is 23.6 Å². The Hall–Kier alpha value is -0.740. The van der Waals surface area contributed by atoms with Gasteiger partial charge in [-0.2, -0.15) is 13.2 Å². The molecule has 1 heterocycles. The van der Waals surface area contributed by atoms with Crippen molar-refractivity contribution in [3.05, 3.63) is 34.2 Å². The zero-order valence-electron chi connectivity index (χ0n) is 6.73.